The predicted octanol–water partition coefficient (Wildman–Crippen LogP) is 2.00. The van der Waals surface area contributed by atoms with Crippen LogP contribution in [0.3, 0.4) is 0 Å². The first-order valence-electron chi connectivity index (χ1n) is 7.43. The van der Waals surface area contributed by atoms with Gasteiger partial charge < -0.3 is 10.6 Å². The summed E-state index contributed by atoms with van der Waals surface area (Å²) in [6.07, 6.45) is 0.383. The topological polar surface area (TPSA) is 95.6 Å². The summed E-state index contributed by atoms with van der Waals surface area (Å²) in [5.41, 5.74) is 2.08. The number of carbonyl (C=O) groups is 1. The highest BCUT2D eigenvalue weighted by atomic mass is 16.1. The second-order valence-corrected chi connectivity index (χ2v) is 5.52. The van der Waals surface area contributed by atoms with E-state index in [4.69, 9.17) is 0 Å². The molecule has 0 saturated carbocycles. The van der Waals surface area contributed by atoms with Crippen LogP contribution in [0.5, 0.6) is 0 Å². The number of nitrogens with one attached hydrogen (secondary N) is 3. The fraction of sp³-hybridized carbons (Fsp3) is 0.467. The smallest absolute Gasteiger partial charge is 0.225 e. The van der Waals surface area contributed by atoms with E-state index in [0.29, 0.717) is 24.7 Å². The SMILES string of the molecule is CC(C)c1ccc(NC(=O)CCN[C@H](C)c2nn[nH]n2)cc1. The highest BCUT2D eigenvalue weighted by molar-refractivity contribution is 5.90. The molecule has 1 amide bonds. The highest BCUT2D eigenvalue weighted by Crippen LogP contribution is 2.17. The lowest BCUT2D eigenvalue weighted by molar-refractivity contribution is -0.116. The van der Waals surface area contributed by atoms with Crippen LogP contribution in [0.4, 0.5) is 5.69 Å². The van der Waals surface area contributed by atoms with Crippen LogP contribution in [0.15, 0.2) is 24.3 Å². The first-order chi connectivity index (χ1) is 10.6. The number of aromatic amines is 1. The van der Waals surface area contributed by atoms with E-state index in [9.17, 15) is 4.79 Å². The van der Waals surface area contributed by atoms with Crippen LogP contribution in [0, 0.1) is 0 Å². The van der Waals surface area contributed by atoms with E-state index in [-0.39, 0.29) is 11.9 Å². The molecule has 0 fully saturated rings. The molecule has 0 spiro atoms. The Balaban J connectivity index is 1.73. The van der Waals surface area contributed by atoms with E-state index >= 15 is 0 Å². The molecule has 0 radical (unpaired) electrons. The normalized spacial score (nSPS) is 12.4. The fourth-order valence-corrected chi connectivity index (χ4v) is 2.02. The van der Waals surface area contributed by atoms with Crippen LogP contribution >= 0.6 is 0 Å². The Morgan fingerprint density at radius 2 is 1.95 bits per heavy atom. The van der Waals surface area contributed by atoms with E-state index in [1.807, 2.05) is 31.2 Å². The zero-order valence-corrected chi connectivity index (χ0v) is 13.1. The lowest BCUT2D eigenvalue weighted by Crippen LogP contribution is -2.25. The number of anilines is 1. The molecular formula is C15H22N6O. The molecule has 1 aromatic carbocycles. The van der Waals surface area contributed by atoms with Gasteiger partial charge in [0.25, 0.3) is 0 Å². The maximum absolute atomic E-state index is 11.9. The van der Waals surface area contributed by atoms with Crippen molar-refractivity contribution in [1.82, 2.24) is 25.9 Å². The average Bonchev–Trinajstić information content (AvgIpc) is 3.02. The predicted molar refractivity (Wildman–Crippen MR) is 84.4 cm³/mol. The molecule has 0 bridgehead atoms. The Morgan fingerprint density at radius 1 is 1.23 bits per heavy atom. The van der Waals surface area contributed by atoms with Gasteiger partial charge in [0.05, 0.1) is 6.04 Å². The van der Waals surface area contributed by atoms with Gasteiger partial charge in [0.1, 0.15) is 0 Å². The van der Waals surface area contributed by atoms with Gasteiger partial charge in [-0.2, -0.15) is 5.21 Å². The molecule has 22 heavy (non-hydrogen) atoms. The van der Waals surface area contributed by atoms with E-state index in [2.05, 4.69) is 45.1 Å². The number of nitrogens with zero attached hydrogens (tertiary/aromatic N) is 3. The van der Waals surface area contributed by atoms with Gasteiger partial charge in [0.15, 0.2) is 5.82 Å². The standard InChI is InChI=1S/C15H22N6O/c1-10(2)12-4-6-13(7-5-12)17-14(22)8-9-16-11(3)15-18-20-21-19-15/h4-7,10-11,16H,8-9H2,1-3H3,(H,17,22)(H,18,19,20,21)/t11-/m1/s1. The monoisotopic (exact) mass is 302 g/mol. The van der Waals surface area contributed by atoms with Crippen molar-refractivity contribution in [1.29, 1.82) is 0 Å². The molecule has 0 aliphatic rings. The molecule has 3 N–H and O–H groups in total. The van der Waals surface area contributed by atoms with Crippen LogP contribution in [-0.4, -0.2) is 33.1 Å². The van der Waals surface area contributed by atoms with Crippen molar-refractivity contribution in [2.24, 2.45) is 0 Å². The Labute approximate surface area is 129 Å². The maximum atomic E-state index is 11.9. The van der Waals surface area contributed by atoms with Crippen LogP contribution < -0.4 is 10.6 Å². The summed E-state index contributed by atoms with van der Waals surface area (Å²) in [5, 5.41) is 19.8. The molecule has 0 aliphatic carbocycles. The van der Waals surface area contributed by atoms with Crippen molar-refractivity contribution in [3.05, 3.63) is 35.7 Å². The Hall–Kier alpha value is -2.28. The Kier molecular flexibility index (Phi) is 5.60. The molecule has 2 rings (SSSR count). The van der Waals surface area contributed by atoms with Gasteiger partial charge in [0, 0.05) is 18.7 Å². The van der Waals surface area contributed by atoms with E-state index < -0.39 is 0 Å². The van der Waals surface area contributed by atoms with Gasteiger partial charge in [0.2, 0.25) is 5.91 Å². The van der Waals surface area contributed by atoms with Crippen molar-refractivity contribution >= 4 is 11.6 Å². The van der Waals surface area contributed by atoms with Crippen LogP contribution in [0.1, 0.15) is 50.5 Å². The number of benzene rings is 1. The minimum atomic E-state index is -0.0446. The van der Waals surface area contributed by atoms with Crippen molar-refractivity contribution in [2.45, 2.75) is 39.2 Å². The molecule has 0 aliphatic heterocycles. The van der Waals surface area contributed by atoms with E-state index in [1.54, 1.807) is 0 Å². The Morgan fingerprint density at radius 3 is 2.55 bits per heavy atom. The highest BCUT2D eigenvalue weighted by Gasteiger charge is 2.10. The summed E-state index contributed by atoms with van der Waals surface area (Å²) in [7, 11) is 0. The number of rotatable bonds is 7. The van der Waals surface area contributed by atoms with Crippen molar-refractivity contribution < 1.29 is 4.79 Å². The summed E-state index contributed by atoms with van der Waals surface area (Å²) in [6.45, 7) is 6.76. The number of tetrazole rings is 1. The van der Waals surface area contributed by atoms with Gasteiger partial charge >= 0.3 is 0 Å². The number of aromatic nitrogens is 4. The summed E-state index contributed by atoms with van der Waals surface area (Å²) in [6, 6.07) is 7.90. The summed E-state index contributed by atoms with van der Waals surface area (Å²) in [5.74, 6) is 1.05. The molecule has 1 heterocycles. The largest absolute Gasteiger partial charge is 0.326 e. The lowest BCUT2D eigenvalue weighted by Gasteiger charge is -2.10. The van der Waals surface area contributed by atoms with Crippen LogP contribution in [-0.2, 0) is 4.79 Å². The van der Waals surface area contributed by atoms with E-state index in [1.165, 1.54) is 5.56 Å². The van der Waals surface area contributed by atoms with Crippen molar-refractivity contribution in [2.75, 3.05) is 11.9 Å². The van der Waals surface area contributed by atoms with Crippen molar-refractivity contribution in [3.63, 3.8) is 0 Å². The van der Waals surface area contributed by atoms with Gasteiger partial charge in [-0.1, -0.05) is 31.2 Å². The van der Waals surface area contributed by atoms with Gasteiger partial charge in [-0.15, -0.1) is 10.2 Å². The molecule has 0 saturated heterocycles. The number of amides is 1. The van der Waals surface area contributed by atoms with Crippen LogP contribution in [0.25, 0.3) is 0 Å². The van der Waals surface area contributed by atoms with Crippen LogP contribution in [0.2, 0.25) is 0 Å². The fourth-order valence-electron chi connectivity index (χ4n) is 2.02. The number of carbonyl (C=O) groups excluding carboxylic acids is 1. The second kappa shape index (κ2) is 7.65. The second-order valence-electron chi connectivity index (χ2n) is 5.52. The summed E-state index contributed by atoms with van der Waals surface area (Å²) in [4.78, 5) is 11.9. The molecule has 1 aromatic heterocycles. The maximum Gasteiger partial charge on any atom is 0.225 e. The number of hydrogen-bond acceptors (Lipinski definition) is 5. The first kappa shape index (κ1) is 16.1. The zero-order valence-electron chi connectivity index (χ0n) is 13.1. The first-order valence-corrected chi connectivity index (χ1v) is 7.43. The zero-order chi connectivity index (χ0) is 15.9. The third-order valence-electron chi connectivity index (χ3n) is 3.41. The van der Waals surface area contributed by atoms with Gasteiger partial charge in [-0.05, 0) is 30.5 Å². The Bertz CT molecular complexity index is 579. The van der Waals surface area contributed by atoms with Gasteiger partial charge in [-0.3, -0.25) is 4.79 Å². The summed E-state index contributed by atoms with van der Waals surface area (Å²) < 4.78 is 0. The van der Waals surface area contributed by atoms with Crippen molar-refractivity contribution in [3.8, 4) is 0 Å². The third-order valence-corrected chi connectivity index (χ3v) is 3.41. The third kappa shape index (κ3) is 4.63. The number of H-pyrrole nitrogens is 1. The minimum Gasteiger partial charge on any atom is -0.326 e. The molecule has 1 atom stereocenters. The number of hydrogen-bond donors (Lipinski definition) is 3. The van der Waals surface area contributed by atoms with E-state index in [0.717, 1.165) is 5.69 Å². The summed E-state index contributed by atoms with van der Waals surface area (Å²) >= 11 is 0. The lowest BCUT2D eigenvalue weighted by atomic mass is 10.0. The molecule has 7 nitrogen and oxygen atoms in total. The molecule has 2 aromatic rings. The average molecular weight is 302 g/mol. The molecular weight excluding hydrogens is 280 g/mol. The molecule has 118 valence electrons. The quantitative estimate of drug-likeness (QED) is 0.727. The molecule has 7 heteroatoms. The minimum absolute atomic E-state index is 0.0230. The molecule has 0 unspecified atom stereocenters. The van der Waals surface area contributed by atoms with Gasteiger partial charge in [-0.25, -0.2) is 0 Å².